The summed E-state index contributed by atoms with van der Waals surface area (Å²) in [5, 5.41) is 15.2. The molecule has 28 heavy (non-hydrogen) atoms. The van der Waals surface area contributed by atoms with Gasteiger partial charge in [-0.2, -0.15) is 4.98 Å². The molecule has 7 heteroatoms. The molecule has 142 valence electrons. The predicted molar refractivity (Wildman–Crippen MR) is 105 cm³/mol. The second-order valence-electron chi connectivity index (χ2n) is 6.17. The van der Waals surface area contributed by atoms with Crippen molar-refractivity contribution in [3.05, 3.63) is 58.9 Å². The highest BCUT2D eigenvalue weighted by Gasteiger charge is 2.22. The van der Waals surface area contributed by atoms with Gasteiger partial charge in [0.2, 0.25) is 5.82 Å². The Morgan fingerprint density at radius 2 is 1.86 bits per heavy atom. The minimum Gasteiger partial charge on any atom is -0.506 e. The molecule has 1 N–H and O–H groups in total. The smallest absolute Gasteiger partial charge is 0.267 e. The van der Waals surface area contributed by atoms with E-state index in [0.717, 1.165) is 11.3 Å². The Morgan fingerprint density at radius 1 is 1.11 bits per heavy atom. The average Bonchev–Trinajstić information content (AvgIpc) is 3.19. The van der Waals surface area contributed by atoms with Gasteiger partial charge in [-0.05, 0) is 50.2 Å². The Bertz CT molecular complexity index is 1190. The first-order chi connectivity index (χ1) is 13.6. The third kappa shape index (κ3) is 2.90. The molecule has 0 aliphatic heterocycles. The minimum absolute atomic E-state index is 0.00485. The number of pyridine rings is 1. The van der Waals surface area contributed by atoms with Gasteiger partial charge in [-0.3, -0.25) is 4.79 Å². The van der Waals surface area contributed by atoms with E-state index in [9.17, 15) is 9.90 Å². The zero-order chi connectivity index (χ0) is 19.7. The molecule has 0 amide bonds. The van der Waals surface area contributed by atoms with E-state index in [-0.39, 0.29) is 22.8 Å². The molecule has 0 aliphatic carbocycles. The summed E-state index contributed by atoms with van der Waals surface area (Å²) in [6, 6.07) is 14.4. The Morgan fingerprint density at radius 3 is 2.57 bits per heavy atom. The third-order valence-electron chi connectivity index (χ3n) is 4.53. The molecule has 4 rings (SSSR count). The van der Waals surface area contributed by atoms with Crippen molar-refractivity contribution in [3.8, 4) is 34.3 Å². The highest BCUT2D eigenvalue weighted by Crippen LogP contribution is 2.33. The maximum atomic E-state index is 13.0. The van der Waals surface area contributed by atoms with Crippen molar-refractivity contribution in [1.29, 1.82) is 0 Å². The molecule has 0 radical (unpaired) electrons. The molecule has 0 atom stereocenters. The van der Waals surface area contributed by atoms with Crippen LogP contribution in [-0.4, -0.2) is 26.4 Å². The summed E-state index contributed by atoms with van der Waals surface area (Å²) in [6.07, 6.45) is 0. The van der Waals surface area contributed by atoms with Crippen molar-refractivity contribution >= 4 is 10.9 Å². The number of para-hydroxylation sites is 1. The number of hydrogen-bond donors (Lipinski definition) is 1. The number of ether oxygens (including phenoxy) is 1. The number of aromatic hydroxyl groups is 1. The van der Waals surface area contributed by atoms with Gasteiger partial charge in [-0.1, -0.05) is 17.3 Å². The summed E-state index contributed by atoms with van der Waals surface area (Å²) >= 11 is 0. The second-order valence-corrected chi connectivity index (χ2v) is 6.17. The van der Waals surface area contributed by atoms with Crippen LogP contribution in [0.2, 0.25) is 0 Å². The van der Waals surface area contributed by atoms with E-state index in [4.69, 9.17) is 9.26 Å². The van der Waals surface area contributed by atoms with Crippen LogP contribution in [0, 0.1) is 0 Å². The maximum Gasteiger partial charge on any atom is 0.267 e. The van der Waals surface area contributed by atoms with Crippen LogP contribution >= 0.6 is 0 Å². The lowest BCUT2D eigenvalue weighted by Gasteiger charge is -2.11. The van der Waals surface area contributed by atoms with Crippen LogP contribution in [0.1, 0.15) is 13.8 Å². The lowest BCUT2D eigenvalue weighted by atomic mass is 10.1. The molecule has 0 saturated carbocycles. The fourth-order valence-electron chi connectivity index (χ4n) is 3.21. The highest BCUT2D eigenvalue weighted by atomic mass is 16.5. The molecule has 2 aromatic carbocycles. The number of rotatable bonds is 5. The van der Waals surface area contributed by atoms with Gasteiger partial charge >= 0.3 is 0 Å². The van der Waals surface area contributed by atoms with Crippen LogP contribution < -0.4 is 10.3 Å². The minimum atomic E-state index is -0.374. The largest absolute Gasteiger partial charge is 0.506 e. The molecule has 0 spiro atoms. The van der Waals surface area contributed by atoms with Crippen molar-refractivity contribution in [3.63, 3.8) is 0 Å². The van der Waals surface area contributed by atoms with E-state index >= 15 is 0 Å². The van der Waals surface area contributed by atoms with Gasteiger partial charge in [0.1, 0.15) is 17.1 Å². The van der Waals surface area contributed by atoms with Crippen molar-refractivity contribution in [2.24, 2.45) is 0 Å². The van der Waals surface area contributed by atoms with Crippen molar-refractivity contribution < 1.29 is 14.4 Å². The molecule has 0 aliphatic rings. The predicted octanol–water partition coefficient (Wildman–Crippen LogP) is 3.84. The van der Waals surface area contributed by atoms with Crippen LogP contribution in [0.5, 0.6) is 11.5 Å². The molecule has 0 bridgehead atoms. The number of benzene rings is 2. The summed E-state index contributed by atoms with van der Waals surface area (Å²) in [6.45, 7) is 4.81. The SMILES string of the molecule is CCOc1ccc(-c2noc(-c3c(O)c4ccccc4n(CC)c3=O)n2)cc1. The summed E-state index contributed by atoms with van der Waals surface area (Å²) in [4.78, 5) is 17.3. The van der Waals surface area contributed by atoms with Crippen molar-refractivity contribution in [2.75, 3.05) is 6.61 Å². The second kappa shape index (κ2) is 7.19. The van der Waals surface area contributed by atoms with Crippen LogP contribution in [0.15, 0.2) is 57.8 Å². The van der Waals surface area contributed by atoms with E-state index in [1.54, 1.807) is 22.8 Å². The van der Waals surface area contributed by atoms with Crippen molar-refractivity contribution in [1.82, 2.24) is 14.7 Å². The Balaban J connectivity index is 1.83. The number of fused-ring (bicyclic) bond motifs is 1. The molecule has 7 nitrogen and oxygen atoms in total. The van der Waals surface area contributed by atoms with E-state index in [1.807, 2.05) is 44.2 Å². The van der Waals surface area contributed by atoms with E-state index in [0.29, 0.717) is 29.9 Å². The van der Waals surface area contributed by atoms with Gasteiger partial charge < -0.3 is 18.9 Å². The first-order valence-electron chi connectivity index (χ1n) is 9.05. The van der Waals surface area contributed by atoms with Crippen LogP contribution in [0.25, 0.3) is 33.7 Å². The van der Waals surface area contributed by atoms with E-state index in [2.05, 4.69) is 10.1 Å². The Kier molecular flexibility index (Phi) is 4.57. The van der Waals surface area contributed by atoms with Crippen LogP contribution in [0.4, 0.5) is 0 Å². The number of nitrogens with zero attached hydrogens (tertiary/aromatic N) is 3. The monoisotopic (exact) mass is 377 g/mol. The molecule has 0 unspecified atom stereocenters. The topological polar surface area (TPSA) is 90.4 Å². The number of aromatic nitrogens is 3. The highest BCUT2D eigenvalue weighted by molar-refractivity contribution is 5.91. The fraction of sp³-hybridized carbons (Fsp3) is 0.190. The van der Waals surface area contributed by atoms with Gasteiger partial charge in [0.25, 0.3) is 11.4 Å². The summed E-state index contributed by atoms with van der Waals surface area (Å²) in [5.74, 6) is 0.896. The zero-order valence-electron chi connectivity index (χ0n) is 15.5. The standard InChI is InChI=1S/C21H19N3O4/c1-3-24-16-8-6-5-7-15(16)18(25)17(21(24)26)20-22-19(23-28-20)13-9-11-14(12-10-13)27-4-2/h5-12,25H,3-4H2,1-2H3. The van der Waals surface area contributed by atoms with Gasteiger partial charge in [-0.25, -0.2) is 0 Å². The zero-order valence-corrected chi connectivity index (χ0v) is 15.5. The van der Waals surface area contributed by atoms with E-state index in [1.165, 1.54) is 0 Å². The molecule has 2 aromatic heterocycles. The van der Waals surface area contributed by atoms with Gasteiger partial charge in [-0.15, -0.1) is 0 Å². The number of aryl methyl sites for hydroxylation is 1. The third-order valence-corrected chi connectivity index (χ3v) is 4.53. The number of hydrogen-bond acceptors (Lipinski definition) is 6. The van der Waals surface area contributed by atoms with Gasteiger partial charge in [0.15, 0.2) is 0 Å². The maximum absolute atomic E-state index is 13.0. The lowest BCUT2D eigenvalue weighted by molar-refractivity contribution is 0.340. The molecule has 0 saturated heterocycles. The normalized spacial score (nSPS) is 11.1. The lowest BCUT2D eigenvalue weighted by Crippen LogP contribution is -2.21. The first-order valence-corrected chi connectivity index (χ1v) is 9.05. The summed E-state index contributed by atoms with van der Waals surface area (Å²) in [7, 11) is 0. The average molecular weight is 377 g/mol. The Labute approximate surface area is 160 Å². The molecule has 4 aromatic rings. The molecule has 0 fully saturated rings. The Hall–Kier alpha value is -3.61. The molecular weight excluding hydrogens is 358 g/mol. The quantitative estimate of drug-likeness (QED) is 0.568. The van der Waals surface area contributed by atoms with Gasteiger partial charge in [0.05, 0.1) is 12.1 Å². The van der Waals surface area contributed by atoms with Gasteiger partial charge in [0, 0.05) is 17.5 Å². The fourth-order valence-corrected chi connectivity index (χ4v) is 3.21. The van der Waals surface area contributed by atoms with E-state index < -0.39 is 0 Å². The van der Waals surface area contributed by atoms with Crippen molar-refractivity contribution in [2.45, 2.75) is 20.4 Å². The first kappa shape index (κ1) is 17.8. The molecular formula is C21H19N3O4. The summed E-state index contributed by atoms with van der Waals surface area (Å²) in [5.41, 5.74) is 1.00. The molecule has 2 heterocycles. The summed E-state index contributed by atoms with van der Waals surface area (Å²) < 4.78 is 12.3. The van der Waals surface area contributed by atoms with Crippen LogP contribution in [0.3, 0.4) is 0 Å². The van der Waals surface area contributed by atoms with Crippen LogP contribution in [-0.2, 0) is 6.54 Å².